The Bertz CT molecular complexity index is 773. The molecule has 6 nitrogen and oxygen atoms in total. The van der Waals surface area contributed by atoms with Crippen molar-refractivity contribution in [2.75, 3.05) is 13.1 Å². The van der Waals surface area contributed by atoms with Crippen LogP contribution in [0.25, 0.3) is 0 Å². The van der Waals surface area contributed by atoms with Crippen LogP contribution in [0.1, 0.15) is 25.3 Å². The molecule has 0 saturated carbocycles. The molecule has 1 saturated heterocycles. The van der Waals surface area contributed by atoms with Crippen LogP contribution in [0.15, 0.2) is 47.6 Å². The molecule has 0 bridgehead atoms. The molecule has 1 aliphatic heterocycles. The van der Waals surface area contributed by atoms with E-state index in [9.17, 15) is 8.42 Å². The van der Waals surface area contributed by atoms with Crippen molar-refractivity contribution in [3.05, 3.63) is 48.3 Å². The van der Waals surface area contributed by atoms with Gasteiger partial charge in [0, 0.05) is 25.3 Å². The van der Waals surface area contributed by atoms with Gasteiger partial charge in [-0.2, -0.15) is 9.40 Å². The largest absolute Gasteiger partial charge is 0.329 e. The minimum absolute atomic E-state index is 0.138. The number of nitrogens with zero attached hydrogens (tertiary/aromatic N) is 3. The van der Waals surface area contributed by atoms with Crippen LogP contribution >= 0.6 is 0 Å². The molecule has 0 amide bonds. The Morgan fingerprint density at radius 2 is 2.04 bits per heavy atom. The fourth-order valence-electron chi connectivity index (χ4n) is 3.33. The Labute approximate surface area is 143 Å². The first-order valence-electron chi connectivity index (χ1n) is 8.30. The molecular formula is C17H24N4O2S. The smallest absolute Gasteiger partial charge is 0.246 e. The third kappa shape index (κ3) is 3.38. The van der Waals surface area contributed by atoms with Gasteiger partial charge in [-0.1, -0.05) is 37.3 Å². The normalized spacial score (nSPS) is 22.6. The van der Waals surface area contributed by atoms with Crippen molar-refractivity contribution in [2.45, 2.75) is 37.2 Å². The van der Waals surface area contributed by atoms with E-state index in [2.05, 4.69) is 12.0 Å². The summed E-state index contributed by atoms with van der Waals surface area (Å²) in [6.07, 6.45) is 4.93. The van der Waals surface area contributed by atoms with Crippen LogP contribution in [0.3, 0.4) is 0 Å². The average molecular weight is 348 g/mol. The molecule has 0 aliphatic carbocycles. The van der Waals surface area contributed by atoms with Crippen LogP contribution in [-0.2, 0) is 16.6 Å². The molecule has 2 atom stereocenters. The maximum Gasteiger partial charge on any atom is 0.246 e. The molecule has 1 aromatic heterocycles. The lowest BCUT2D eigenvalue weighted by molar-refractivity contribution is 0.192. The zero-order valence-corrected chi connectivity index (χ0v) is 14.7. The van der Waals surface area contributed by atoms with Gasteiger partial charge in [0.1, 0.15) is 4.90 Å². The van der Waals surface area contributed by atoms with Gasteiger partial charge in [-0.15, -0.1) is 0 Å². The molecule has 2 aromatic rings. The predicted molar refractivity (Wildman–Crippen MR) is 92.9 cm³/mol. The molecule has 0 radical (unpaired) electrons. The number of sulfonamides is 1. The Balaban J connectivity index is 1.82. The van der Waals surface area contributed by atoms with E-state index in [0.717, 1.165) is 18.4 Å². The number of rotatable bonds is 5. The molecule has 7 heteroatoms. The highest BCUT2D eigenvalue weighted by Crippen LogP contribution is 2.28. The molecule has 130 valence electrons. The maximum absolute atomic E-state index is 13.0. The molecule has 1 aliphatic rings. The lowest BCUT2D eigenvalue weighted by Gasteiger charge is -2.38. The Morgan fingerprint density at radius 3 is 2.75 bits per heavy atom. The van der Waals surface area contributed by atoms with Gasteiger partial charge < -0.3 is 5.73 Å². The molecule has 24 heavy (non-hydrogen) atoms. The number of hydrogen-bond donors (Lipinski definition) is 1. The van der Waals surface area contributed by atoms with E-state index in [1.807, 2.05) is 30.3 Å². The van der Waals surface area contributed by atoms with Crippen molar-refractivity contribution in [3.8, 4) is 0 Å². The summed E-state index contributed by atoms with van der Waals surface area (Å²) in [6.45, 7) is 3.49. The van der Waals surface area contributed by atoms with E-state index in [1.54, 1.807) is 15.2 Å². The van der Waals surface area contributed by atoms with Crippen molar-refractivity contribution in [1.82, 2.24) is 14.1 Å². The van der Waals surface area contributed by atoms with Crippen LogP contribution in [-0.4, -0.2) is 41.6 Å². The summed E-state index contributed by atoms with van der Waals surface area (Å²) in [6, 6.07) is 9.71. The van der Waals surface area contributed by atoms with Crippen molar-refractivity contribution < 1.29 is 8.42 Å². The van der Waals surface area contributed by atoms with E-state index in [0.29, 0.717) is 19.6 Å². The Morgan fingerprint density at radius 1 is 1.29 bits per heavy atom. The van der Waals surface area contributed by atoms with Gasteiger partial charge in [-0.25, -0.2) is 8.42 Å². The van der Waals surface area contributed by atoms with E-state index in [1.165, 1.54) is 6.20 Å². The highest BCUT2D eigenvalue weighted by Gasteiger charge is 2.37. The monoisotopic (exact) mass is 348 g/mol. The van der Waals surface area contributed by atoms with Crippen LogP contribution in [0.5, 0.6) is 0 Å². The number of benzene rings is 1. The molecule has 1 fully saturated rings. The molecule has 3 rings (SSSR count). The summed E-state index contributed by atoms with van der Waals surface area (Å²) < 4.78 is 29.2. The number of hydrogen-bond acceptors (Lipinski definition) is 4. The summed E-state index contributed by atoms with van der Waals surface area (Å²) in [5, 5.41) is 4.22. The molecule has 1 aromatic carbocycles. The first-order chi connectivity index (χ1) is 11.5. The minimum atomic E-state index is -3.56. The number of aromatic nitrogens is 2. The molecule has 2 N–H and O–H groups in total. The van der Waals surface area contributed by atoms with Gasteiger partial charge in [-0.05, 0) is 24.3 Å². The van der Waals surface area contributed by atoms with Crippen LogP contribution in [0.4, 0.5) is 0 Å². The van der Waals surface area contributed by atoms with Gasteiger partial charge in [0.05, 0.1) is 12.7 Å². The van der Waals surface area contributed by atoms with E-state index in [4.69, 9.17) is 5.73 Å². The van der Waals surface area contributed by atoms with Gasteiger partial charge in [0.2, 0.25) is 10.0 Å². The number of piperidine rings is 1. The first kappa shape index (κ1) is 17.1. The Hall–Kier alpha value is -1.70. The molecule has 0 unspecified atom stereocenters. The van der Waals surface area contributed by atoms with Gasteiger partial charge in [0.25, 0.3) is 0 Å². The van der Waals surface area contributed by atoms with Crippen molar-refractivity contribution >= 4 is 10.0 Å². The van der Waals surface area contributed by atoms with E-state index < -0.39 is 10.0 Å². The second kappa shape index (κ2) is 7.04. The predicted octanol–water partition coefficient (Wildman–Crippen LogP) is 1.68. The molecular weight excluding hydrogens is 324 g/mol. The lowest BCUT2D eigenvalue weighted by Crippen LogP contribution is -2.51. The quantitative estimate of drug-likeness (QED) is 0.891. The van der Waals surface area contributed by atoms with E-state index in [-0.39, 0.29) is 16.9 Å². The maximum atomic E-state index is 13.0. The van der Waals surface area contributed by atoms with E-state index >= 15 is 0 Å². The summed E-state index contributed by atoms with van der Waals surface area (Å²) in [5.41, 5.74) is 6.92. The first-order valence-corrected chi connectivity index (χ1v) is 9.74. The fraction of sp³-hybridized carbons (Fsp3) is 0.471. The van der Waals surface area contributed by atoms with Crippen LogP contribution in [0, 0.1) is 5.92 Å². The van der Waals surface area contributed by atoms with Crippen LogP contribution in [0.2, 0.25) is 0 Å². The molecule has 0 spiro atoms. The second-order valence-corrected chi connectivity index (χ2v) is 8.29. The van der Waals surface area contributed by atoms with Crippen molar-refractivity contribution in [2.24, 2.45) is 11.7 Å². The zero-order chi connectivity index (χ0) is 17.2. The highest BCUT2D eigenvalue weighted by atomic mass is 32.2. The summed E-state index contributed by atoms with van der Waals surface area (Å²) >= 11 is 0. The minimum Gasteiger partial charge on any atom is -0.329 e. The fourth-order valence-corrected chi connectivity index (χ4v) is 5.06. The summed E-state index contributed by atoms with van der Waals surface area (Å²) in [7, 11) is -3.56. The standard InChI is InChI=1S/C17H24N4O2S/c1-14-6-5-9-21(17(14)10-18)24(22,23)16-11-19-20(13-16)12-15-7-3-2-4-8-15/h2-4,7-8,11,13-14,17H,5-6,9-10,12,18H2,1H3/t14-,17-/m1/s1. The van der Waals surface area contributed by atoms with Crippen LogP contribution < -0.4 is 5.73 Å². The summed E-state index contributed by atoms with van der Waals surface area (Å²) in [4.78, 5) is 0.242. The SMILES string of the molecule is C[C@@H]1CCCN(S(=O)(=O)c2cnn(Cc3ccccc3)c2)[C@@H]1CN. The van der Waals surface area contributed by atoms with Crippen molar-refractivity contribution in [1.29, 1.82) is 0 Å². The molecule has 2 heterocycles. The van der Waals surface area contributed by atoms with Gasteiger partial charge in [-0.3, -0.25) is 4.68 Å². The topological polar surface area (TPSA) is 81.2 Å². The lowest BCUT2D eigenvalue weighted by atomic mass is 9.93. The highest BCUT2D eigenvalue weighted by molar-refractivity contribution is 7.89. The second-order valence-electron chi connectivity index (χ2n) is 6.40. The third-order valence-corrected chi connectivity index (χ3v) is 6.59. The summed E-state index contributed by atoms with van der Waals surface area (Å²) in [5.74, 6) is 0.276. The Kier molecular flexibility index (Phi) is 5.03. The van der Waals surface area contributed by atoms with Gasteiger partial charge in [0.15, 0.2) is 0 Å². The van der Waals surface area contributed by atoms with Gasteiger partial charge >= 0.3 is 0 Å². The average Bonchev–Trinajstić information content (AvgIpc) is 3.05. The number of nitrogens with two attached hydrogens (primary N) is 1. The third-order valence-electron chi connectivity index (χ3n) is 4.71. The zero-order valence-electron chi connectivity index (χ0n) is 13.9. The van der Waals surface area contributed by atoms with Crippen molar-refractivity contribution in [3.63, 3.8) is 0 Å².